The van der Waals surface area contributed by atoms with Crippen LogP contribution in [0, 0.1) is 0 Å². The lowest BCUT2D eigenvalue weighted by molar-refractivity contribution is 0.346. The van der Waals surface area contributed by atoms with E-state index in [1.54, 1.807) is 6.20 Å². The molecule has 1 aromatic carbocycles. The third-order valence-corrected chi connectivity index (χ3v) is 3.02. The Morgan fingerprint density at radius 3 is 2.85 bits per heavy atom. The van der Waals surface area contributed by atoms with E-state index < -0.39 is 0 Å². The van der Waals surface area contributed by atoms with Crippen LogP contribution in [0.5, 0.6) is 5.88 Å². The molecular weight excluding hydrogens is 318 g/mol. The number of rotatable bonds is 6. The third-order valence-electron chi connectivity index (χ3n) is 2.47. The summed E-state index contributed by atoms with van der Waals surface area (Å²) < 4.78 is 6.36. The number of anilines is 1. The van der Waals surface area contributed by atoms with E-state index in [1.165, 1.54) is 0 Å². The highest BCUT2D eigenvalue weighted by Crippen LogP contribution is 2.22. The third kappa shape index (κ3) is 4.35. The normalized spacial score (nSPS) is 10.7. The average molecular weight is 334 g/mol. The second-order valence-corrected chi connectivity index (χ2v) is 4.86. The van der Waals surface area contributed by atoms with Crippen LogP contribution in [0.1, 0.15) is 12.5 Å². The van der Waals surface area contributed by atoms with Crippen molar-refractivity contribution < 1.29 is 4.74 Å². The van der Waals surface area contributed by atoms with E-state index in [9.17, 15) is 0 Å². The van der Waals surface area contributed by atoms with Gasteiger partial charge < -0.3 is 10.1 Å². The molecular formula is C15H16BrN3O. The van der Waals surface area contributed by atoms with Crippen molar-refractivity contribution in [1.29, 1.82) is 0 Å². The van der Waals surface area contributed by atoms with Crippen molar-refractivity contribution in [2.45, 2.75) is 6.92 Å². The number of nitrogens with zero attached hydrogens (tertiary/aromatic N) is 2. The Kier molecular flexibility index (Phi) is 5.55. The van der Waals surface area contributed by atoms with Crippen LogP contribution < -0.4 is 10.1 Å². The van der Waals surface area contributed by atoms with Crippen LogP contribution in [0.25, 0.3) is 6.08 Å². The van der Waals surface area contributed by atoms with Crippen LogP contribution >= 0.6 is 15.9 Å². The van der Waals surface area contributed by atoms with Gasteiger partial charge in [-0.05, 0) is 34.5 Å². The van der Waals surface area contributed by atoms with Crippen molar-refractivity contribution in [3.05, 3.63) is 52.6 Å². The fourth-order valence-corrected chi connectivity index (χ4v) is 1.88. The number of nitrogens with one attached hydrogen (secondary N) is 1. The van der Waals surface area contributed by atoms with E-state index in [0.29, 0.717) is 18.4 Å². The highest BCUT2D eigenvalue weighted by molar-refractivity contribution is 9.10. The molecule has 0 fully saturated rings. The van der Waals surface area contributed by atoms with Gasteiger partial charge >= 0.3 is 0 Å². The molecule has 5 heteroatoms. The van der Waals surface area contributed by atoms with Gasteiger partial charge in [-0.1, -0.05) is 36.4 Å². The minimum absolute atomic E-state index is 0.454. The lowest BCUT2D eigenvalue weighted by Gasteiger charge is -2.07. The minimum atomic E-state index is 0.454. The maximum Gasteiger partial charge on any atom is 0.233 e. The number of benzene rings is 1. The van der Waals surface area contributed by atoms with Gasteiger partial charge in [-0.3, -0.25) is 0 Å². The molecule has 0 unspecified atom stereocenters. The number of ether oxygens (including phenoxy) is 1. The van der Waals surface area contributed by atoms with Gasteiger partial charge in [-0.25, -0.2) is 4.98 Å². The summed E-state index contributed by atoms with van der Waals surface area (Å²) in [4.78, 5) is 8.42. The summed E-state index contributed by atoms with van der Waals surface area (Å²) >= 11 is 3.38. The van der Waals surface area contributed by atoms with Gasteiger partial charge in [0.05, 0.1) is 10.7 Å². The number of hydrogen-bond donors (Lipinski definition) is 1. The molecule has 0 spiro atoms. The minimum Gasteiger partial charge on any atom is -0.473 e. The van der Waals surface area contributed by atoms with Gasteiger partial charge in [0.25, 0.3) is 0 Å². The van der Waals surface area contributed by atoms with Crippen molar-refractivity contribution in [1.82, 2.24) is 9.97 Å². The SMILES string of the molecule is CCNc1ncc(Br)c(OC/C=C/c2ccccc2)n1. The molecule has 1 heterocycles. The number of halogens is 1. The Hall–Kier alpha value is -1.88. The smallest absolute Gasteiger partial charge is 0.233 e. The molecule has 0 aliphatic heterocycles. The Morgan fingerprint density at radius 1 is 1.30 bits per heavy atom. The Bertz CT molecular complexity index is 573. The van der Waals surface area contributed by atoms with Gasteiger partial charge in [0.15, 0.2) is 0 Å². The van der Waals surface area contributed by atoms with Crippen molar-refractivity contribution in [3.8, 4) is 5.88 Å². The fraction of sp³-hybridized carbons (Fsp3) is 0.200. The molecule has 104 valence electrons. The molecule has 0 saturated carbocycles. The van der Waals surface area contributed by atoms with E-state index in [0.717, 1.165) is 16.6 Å². The number of aromatic nitrogens is 2. The fourth-order valence-electron chi connectivity index (χ4n) is 1.57. The molecule has 0 bridgehead atoms. The van der Waals surface area contributed by atoms with Crippen LogP contribution in [0.2, 0.25) is 0 Å². The second kappa shape index (κ2) is 7.65. The average Bonchev–Trinajstić information content (AvgIpc) is 2.48. The summed E-state index contributed by atoms with van der Waals surface area (Å²) in [5.74, 6) is 1.10. The topological polar surface area (TPSA) is 47.0 Å². The van der Waals surface area contributed by atoms with E-state index in [4.69, 9.17) is 4.74 Å². The lowest BCUT2D eigenvalue weighted by Crippen LogP contribution is -2.04. The largest absolute Gasteiger partial charge is 0.473 e. The van der Waals surface area contributed by atoms with E-state index in [2.05, 4.69) is 31.2 Å². The quantitative estimate of drug-likeness (QED) is 0.874. The van der Waals surface area contributed by atoms with Crippen molar-refractivity contribution >= 4 is 28.0 Å². The summed E-state index contributed by atoms with van der Waals surface area (Å²) in [7, 11) is 0. The lowest BCUT2D eigenvalue weighted by atomic mass is 10.2. The van der Waals surface area contributed by atoms with Gasteiger partial charge in [0.2, 0.25) is 11.8 Å². The standard InChI is InChI=1S/C15H16BrN3O/c1-2-17-15-18-11-13(16)14(19-15)20-10-6-9-12-7-4-3-5-8-12/h3-9,11H,2,10H2,1H3,(H,17,18,19)/b9-6+. The predicted octanol–water partition coefficient (Wildman–Crippen LogP) is 3.76. The van der Waals surface area contributed by atoms with Crippen LogP contribution in [-0.4, -0.2) is 23.1 Å². The zero-order chi connectivity index (χ0) is 14.2. The Morgan fingerprint density at radius 2 is 2.10 bits per heavy atom. The molecule has 2 aromatic rings. The Labute approximate surface area is 127 Å². The van der Waals surface area contributed by atoms with Gasteiger partial charge in [-0.15, -0.1) is 0 Å². The predicted molar refractivity (Wildman–Crippen MR) is 84.9 cm³/mol. The van der Waals surface area contributed by atoms with Crippen molar-refractivity contribution in [3.63, 3.8) is 0 Å². The summed E-state index contributed by atoms with van der Waals surface area (Å²) in [6.45, 7) is 3.22. The van der Waals surface area contributed by atoms with Gasteiger partial charge in [-0.2, -0.15) is 4.98 Å². The summed E-state index contributed by atoms with van der Waals surface area (Å²) in [5.41, 5.74) is 1.14. The highest BCUT2D eigenvalue weighted by Gasteiger charge is 2.04. The molecule has 0 atom stereocenters. The molecule has 0 aliphatic rings. The van der Waals surface area contributed by atoms with Crippen LogP contribution in [-0.2, 0) is 0 Å². The maximum absolute atomic E-state index is 5.62. The first-order valence-electron chi connectivity index (χ1n) is 6.40. The van der Waals surface area contributed by atoms with Crippen LogP contribution in [0.4, 0.5) is 5.95 Å². The van der Waals surface area contributed by atoms with Gasteiger partial charge in [0.1, 0.15) is 6.61 Å². The molecule has 4 nitrogen and oxygen atoms in total. The maximum atomic E-state index is 5.62. The molecule has 0 aliphatic carbocycles. The molecule has 1 aromatic heterocycles. The monoisotopic (exact) mass is 333 g/mol. The van der Waals surface area contributed by atoms with Crippen molar-refractivity contribution in [2.24, 2.45) is 0 Å². The molecule has 0 amide bonds. The van der Waals surface area contributed by atoms with E-state index in [1.807, 2.05) is 49.4 Å². The first-order valence-corrected chi connectivity index (χ1v) is 7.19. The molecule has 0 saturated heterocycles. The van der Waals surface area contributed by atoms with E-state index in [-0.39, 0.29) is 0 Å². The molecule has 0 radical (unpaired) electrons. The zero-order valence-electron chi connectivity index (χ0n) is 11.2. The van der Waals surface area contributed by atoms with Gasteiger partial charge in [0, 0.05) is 6.54 Å². The molecule has 1 N–H and O–H groups in total. The summed E-state index contributed by atoms with van der Waals surface area (Å²) in [5, 5.41) is 3.05. The highest BCUT2D eigenvalue weighted by atomic mass is 79.9. The first-order chi connectivity index (χ1) is 9.79. The first kappa shape index (κ1) is 14.5. The molecule has 20 heavy (non-hydrogen) atoms. The Balaban J connectivity index is 1.93. The number of hydrogen-bond acceptors (Lipinski definition) is 4. The second-order valence-electron chi connectivity index (χ2n) is 4.00. The summed E-state index contributed by atoms with van der Waals surface area (Å²) in [6, 6.07) is 10.1. The molecule has 2 rings (SSSR count). The van der Waals surface area contributed by atoms with Crippen LogP contribution in [0.3, 0.4) is 0 Å². The van der Waals surface area contributed by atoms with Crippen LogP contribution in [0.15, 0.2) is 47.1 Å². The van der Waals surface area contributed by atoms with Crippen molar-refractivity contribution in [2.75, 3.05) is 18.5 Å². The van der Waals surface area contributed by atoms with E-state index >= 15 is 0 Å². The zero-order valence-corrected chi connectivity index (χ0v) is 12.8. The summed E-state index contributed by atoms with van der Waals surface area (Å²) in [6.07, 6.45) is 5.65.